The van der Waals surface area contributed by atoms with Gasteiger partial charge in [-0.25, -0.2) is 0 Å². The molecule has 1 saturated heterocycles. The molecule has 6 nitrogen and oxygen atoms in total. The molecule has 144 valence electrons. The Morgan fingerprint density at radius 1 is 1.00 bits per heavy atom. The van der Waals surface area contributed by atoms with Crippen molar-refractivity contribution in [1.29, 1.82) is 0 Å². The molecular weight excluding hydrogens is 426 g/mol. The number of carbonyl (C=O) groups is 4. The number of ketones is 1. The van der Waals surface area contributed by atoms with Crippen LogP contribution in [0.1, 0.15) is 16.8 Å². The molecule has 28 heavy (non-hydrogen) atoms. The van der Waals surface area contributed by atoms with Gasteiger partial charge in [0.2, 0.25) is 11.8 Å². The largest absolute Gasteiger partial charge is 0.456 e. The maximum Gasteiger partial charge on any atom is 0.326 e. The highest BCUT2D eigenvalue weighted by Crippen LogP contribution is 2.65. The van der Waals surface area contributed by atoms with E-state index in [0.29, 0.717) is 17.4 Å². The zero-order valence-corrected chi connectivity index (χ0v) is 16.5. The first-order chi connectivity index (χ1) is 13.5. The van der Waals surface area contributed by atoms with E-state index < -0.39 is 19.1 Å². The van der Waals surface area contributed by atoms with Crippen molar-refractivity contribution in [3.63, 3.8) is 0 Å². The average Bonchev–Trinajstić information content (AvgIpc) is 3.48. The third-order valence-corrected chi connectivity index (χ3v) is 7.10. The van der Waals surface area contributed by atoms with Gasteiger partial charge in [-0.3, -0.25) is 24.1 Å². The lowest BCUT2D eigenvalue weighted by atomic mass is 9.63. The van der Waals surface area contributed by atoms with Gasteiger partial charge in [0.05, 0.1) is 11.8 Å². The number of allylic oxidation sites excluding steroid dienone is 2. The van der Waals surface area contributed by atoms with Crippen molar-refractivity contribution in [2.45, 2.75) is 6.42 Å². The smallest absolute Gasteiger partial charge is 0.326 e. The lowest BCUT2D eigenvalue weighted by Gasteiger charge is -2.37. The molecule has 4 aliphatic carbocycles. The summed E-state index contributed by atoms with van der Waals surface area (Å²) in [5, 5.41) is 0. The number of benzene rings is 1. The number of carbonyl (C=O) groups excluding carboxylic acids is 4. The summed E-state index contributed by atoms with van der Waals surface area (Å²) in [6.45, 7) is -0.840. The van der Waals surface area contributed by atoms with Gasteiger partial charge >= 0.3 is 5.97 Å². The Labute approximate surface area is 170 Å². The molecule has 3 fully saturated rings. The Morgan fingerprint density at radius 3 is 2.14 bits per heavy atom. The SMILES string of the molecule is O=C(CN1C(=O)[C@@H]2[C@H]3C=C[C@@H]([C@@H]4C[C@H]34)[C@@H]2C1=O)OCC(=O)c1ccc(Br)cc1. The summed E-state index contributed by atoms with van der Waals surface area (Å²) >= 11 is 3.29. The number of Topliss-reactive ketones (excluding diaryl/α,β-unsaturated/α-hetero) is 1. The molecule has 6 atom stereocenters. The van der Waals surface area contributed by atoms with Crippen LogP contribution in [0, 0.1) is 35.5 Å². The van der Waals surface area contributed by atoms with Crippen LogP contribution >= 0.6 is 15.9 Å². The Kier molecular flexibility index (Phi) is 4.05. The monoisotopic (exact) mass is 443 g/mol. The van der Waals surface area contributed by atoms with E-state index >= 15 is 0 Å². The van der Waals surface area contributed by atoms with E-state index in [-0.39, 0.29) is 41.3 Å². The number of likely N-dealkylation sites (tertiary alicyclic amines) is 1. The van der Waals surface area contributed by atoms with Gasteiger partial charge in [0.25, 0.3) is 0 Å². The van der Waals surface area contributed by atoms with Gasteiger partial charge < -0.3 is 4.74 Å². The van der Waals surface area contributed by atoms with E-state index in [4.69, 9.17) is 4.74 Å². The molecule has 2 saturated carbocycles. The summed E-state index contributed by atoms with van der Waals surface area (Å²) in [5.74, 6) is -0.995. The summed E-state index contributed by atoms with van der Waals surface area (Å²) in [4.78, 5) is 51.0. The molecule has 0 unspecified atom stereocenters. The topological polar surface area (TPSA) is 80.8 Å². The van der Waals surface area contributed by atoms with E-state index in [1.807, 2.05) is 0 Å². The van der Waals surface area contributed by atoms with Crippen molar-refractivity contribution in [3.05, 3.63) is 46.5 Å². The molecule has 1 aromatic rings. The Balaban J connectivity index is 1.21. The average molecular weight is 444 g/mol. The van der Waals surface area contributed by atoms with Crippen molar-refractivity contribution in [1.82, 2.24) is 4.90 Å². The van der Waals surface area contributed by atoms with Crippen LogP contribution in [-0.4, -0.2) is 41.6 Å². The highest BCUT2D eigenvalue weighted by atomic mass is 79.9. The molecule has 0 aromatic heterocycles. The third-order valence-electron chi connectivity index (χ3n) is 6.57. The number of halogens is 1. The van der Waals surface area contributed by atoms with Crippen LogP contribution in [0.2, 0.25) is 0 Å². The molecule has 1 heterocycles. The minimum absolute atomic E-state index is 0.122. The standard InChI is InChI=1S/C21H18BrNO5/c22-11-3-1-10(2-4-11)16(24)9-28-17(25)8-23-20(26)18-12-5-6-13(15-7-14(12)15)19(18)21(23)27/h1-6,12-15,18-19H,7-9H2/t12-,13-,14-,15+,18-,19+/m0/s1. The minimum atomic E-state index is -0.740. The molecule has 0 radical (unpaired) electrons. The van der Waals surface area contributed by atoms with Crippen molar-refractivity contribution in [2.24, 2.45) is 35.5 Å². The van der Waals surface area contributed by atoms with Crippen LogP contribution in [0.25, 0.3) is 0 Å². The van der Waals surface area contributed by atoms with Crippen LogP contribution in [0.4, 0.5) is 0 Å². The minimum Gasteiger partial charge on any atom is -0.456 e. The summed E-state index contributed by atoms with van der Waals surface area (Å²) in [6.07, 6.45) is 5.27. The fourth-order valence-electron chi connectivity index (χ4n) is 5.21. The van der Waals surface area contributed by atoms with E-state index in [0.717, 1.165) is 15.8 Å². The van der Waals surface area contributed by atoms with E-state index in [9.17, 15) is 19.2 Å². The predicted molar refractivity (Wildman–Crippen MR) is 101 cm³/mol. The maximum atomic E-state index is 12.8. The highest BCUT2D eigenvalue weighted by Gasteiger charge is 2.67. The van der Waals surface area contributed by atoms with Crippen LogP contribution < -0.4 is 0 Å². The summed E-state index contributed by atoms with van der Waals surface area (Å²) in [6, 6.07) is 6.72. The van der Waals surface area contributed by atoms with Crippen molar-refractivity contribution in [2.75, 3.05) is 13.2 Å². The van der Waals surface area contributed by atoms with Gasteiger partial charge in [0, 0.05) is 10.0 Å². The first-order valence-corrected chi connectivity index (χ1v) is 10.2. The second kappa shape index (κ2) is 6.37. The molecule has 1 aliphatic heterocycles. The second-order valence-electron chi connectivity index (χ2n) is 8.01. The molecule has 0 N–H and O–H groups in total. The van der Waals surface area contributed by atoms with Crippen LogP contribution in [0.5, 0.6) is 0 Å². The molecule has 5 aliphatic rings. The van der Waals surface area contributed by atoms with E-state index in [1.54, 1.807) is 24.3 Å². The van der Waals surface area contributed by atoms with Gasteiger partial charge in [-0.15, -0.1) is 0 Å². The van der Waals surface area contributed by atoms with E-state index in [2.05, 4.69) is 28.1 Å². The van der Waals surface area contributed by atoms with E-state index in [1.165, 1.54) is 0 Å². The number of hydrogen-bond acceptors (Lipinski definition) is 5. The molecular formula is C21H18BrNO5. The second-order valence-corrected chi connectivity index (χ2v) is 8.92. The van der Waals surface area contributed by atoms with Crippen LogP contribution in [0.15, 0.2) is 40.9 Å². The number of rotatable bonds is 5. The number of esters is 1. The maximum absolute atomic E-state index is 12.8. The zero-order chi connectivity index (χ0) is 19.6. The summed E-state index contributed by atoms with van der Waals surface area (Å²) in [5.41, 5.74) is 0.428. The van der Waals surface area contributed by atoms with Gasteiger partial charge in [-0.2, -0.15) is 0 Å². The Morgan fingerprint density at radius 2 is 1.57 bits per heavy atom. The quantitative estimate of drug-likeness (QED) is 0.301. The molecule has 6 rings (SSSR count). The van der Waals surface area contributed by atoms with Crippen molar-refractivity contribution in [3.8, 4) is 0 Å². The van der Waals surface area contributed by atoms with Crippen molar-refractivity contribution < 1.29 is 23.9 Å². The predicted octanol–water partition coefficient (Wildman–Crippen LogP) is 2.23. The number of amides is 2. The summed E-state index contributed by atoms with van der Waals surface area (Å²) < 4.78 is 5.88. The molecule has 7 heteroatoms. The number of nitrogens with zero attached hydrogens (tertiary/aromatic N) is 1. The summed E-state index contributed by atoms with van der Waals surface area (Å²) in [7, 11) is 0. The molecule has 2 amide bonds. The van der Waals surface area contributed by atoms with Crippen molar-refractivity contribution >= 4 is 39.5 Å². The number of ether oxygens (including phenoxy) is 1. The number of hydrogen-bond donors (Lipinski definition) is 0. The van der Waals surface area contributed by atoms with Gasteiger partial charge in [0.15, 0.2) is 12.4 Å². The first-order valence-electron chi connectivity index (χ1n) is 9.43. The fourth-order valence-corrected chi connectivity index (χ4v) is 5.48. The van der Waals surface area contributed by atoms with Crippen LogP contribution in [-0.2, 0) is 19.1 Å². The lowest BCUT2D eigenvalue weighted by molar-refractivity contribution is -0.152. The normalized spacial score (nSPS) is 34.2. The Hall–Kier alpha value is -2.28. The molecule has 1 aromatic carbocycles. The first kappa shape index (κ1) is 17.8. The third kappa shape index (κ3) is 2.67. The Bertz CT molecular complexity index is 887. The van der Waals surface area contributed by atoms with Gasteiger partial charge in [0.1, 0.15) is 6.54 Å². The fraction of sp³-hybridized carbons (Fsp3) is 0.429. The van der Waals surface area contributed by atoms with Gasteiger partial charge in [-0.05, 0) is 42.2 Å². The molecule has 0 spiro atoms. The highest BCUT2D eigenvalue weighted by molar-refractivity contribution is 9.10. The zero-order valence-electron chi connectivity index (χ0n) is 14.9. The van der Waals surface area contributed by atoms with Gasteiger partial charge in [-0.1, -0.05) is 40.2 Å². The van der Waals surface area contributed by atoms with Crippen LogP contribution in [0.3, 0.4) is 0 Å². The lowest BCUT2D eigenvalue weighted by Crippen LogP contribution is -2.40. The number of imide groups is 1. The molecule has 2 bridgehead atoms.